The highest BCUT2D eigenvalue weighted by Gasteiger charge is 2.11. The Balaban J connectivity index is 1.84. The molecular formula is C16H14BrN3O. The molecule has 0 aliphatic carbocycles. The maximum absolute atomic E-state index is 12.2. The van der Waals surface area contributed by atoms with Crippen molar-refractivity contribution < 1.29 is 4.79 Å². The number of fused-ring (bicyclic) bond motifs is 1. The number of rotatable bonds is 3. The molecule has 0 aliphatic rings. The van der Waals surface area contributed by atoms with Gasteiger partial charge in [-0.1, -0.05) is 24.3 Å². The van der Waals surface area contributed by atoms with Crippen LogP contribution in [0.3, 0.4) is 0 Å². The number of aromatic nitrogens is 2. The average Bonchev–Trinajstić information content (AvgIpc) is 2.78. The summed E-state index contributed by atoms with van der Waals surface area (Å²) in [6.07, 6.45) is 0. The molecule has 1 N–H and O–H groups in total. The predicted molar refractivity (Wildman–Crippen MR) is 87.2 cm³/mol. The van der Waals surface area contributed by atoms with Crippen LogP contribution in [0.15, 0.2) is 53.0 Å². The highest BCUT2D eigenvalue weighted by atomic mass is 79.9. The molecule has 0 aliphatic heterocycles. The Morgan fingerprint density at radius 1 is 1.19 bits per heavy atom. The van der Waals surface area contributed by atoms with Crippen LogP contribution in [0.2, 0.25) is 0 Å². The minimum atomic E-state index is -0.0758. The summed E-state index contributed by atoms with van der Waals surface area (Å²) >= 11 is 3.42. The van der Waals surface area contributed by atoms with Crippen LogP contribution >= 0.6 is 15.9 Å². The Labute approximate surface area is 130 Å². The topological polar surface area (TPSA) is 46.9 Å². The first kappa shape index (κ1) is 13.8. The first-order valence-electron chi connectivity index (χ1n) is 6.61. The molecule has 0 saturated heterocycles. The molecule has 3 aromatic rings. The molecule has 0 atom stereocenters. The smallest absolute Gasteiger partial charge is 0.244 e. The predicted octanol–water partition coefficient (Wildman–Crippen LogP) is 3.75. The minimum Gasteiger partial charge on any atom is -0.324 e. The van der Waals surface area contributed by atoms with Gasteiger partial charge in [-0.25, -0.2) is 4.98 Å². The quantitative estimate of drug-likeness (QED) is 0.787. The molecule has 1 amide bonds. The third kappa shape index (κ3) is 2.83. The number of carbonyl (C=O) groups is 1. The van der Waals surface area contributed by atoms with Gasteiger partial charge in [0.2, 0.25) is 5.91 Å². The van der Waals surface area contributed by atoms with Gasteiger partial charge in [-0.05, 0) is 47.1 Å². The summed E-state index contributed by atoms with van der Waals surface area (Å²) in [6.45, 7) is 2.15. The van der Waals surface area contributed by atoms with Crippen LogP contribution in [0.25, 0.3) is 11.0 Å². The zero-order valence-corrected chi connectivity index (χ0v) is 13.1. The number of amides is 1. The van der Waals surface area contributed by atoms with Gasteiger partial charge in [0.1, 0.15) is 12.4 Å². The molecule has 0 fully saturated rings. The first-order chi connectivity index (χ1) is 10.1. The van der Waals surface area contributed by atoms with Crippen molar-refractivity contribution >= 4 is 38.6 Å². The number of hydrogen-bond acceptors (Lipinski definition) is 2. The van der Waals surface area contributed by atoms with Gasteiger partial charge >= 0.3 is 0 Å². The van der Waals surface area contributed by atoms with E-state index < -0.39 is 0 Å². The second-order valence-electron chi connectivity index (χ2n) is 4.76. The van der Waals surface area contributed by atoms with Crippen molar-refractivity contribution in [2.24, 2.45) is 0 Å². The fourth-order valence-corrected chi connectivity index (χ4v) is 2.68. The van der Waals surface area contributed by atoms with E-state index in [1.165, 1.54) is 0 Å². The van der Waals surface area contributed by atoms with Crippen LogP contribution < -0.4 is 5.32 Å². The van der Waals surface area contributed by atoms with Crippen molar-refractivity contribution in [3.05, 3.63) is 58.8 Å². The molecule has 0 radical (unpaired) electrons. The number of carbonyl (C=O) groups excluding carboxylic acids is 1. The van der Waals surface area contributed by atoms with E-state index in [9.17, 15) is 4.79 Å². The number of benzene rings is 2. The molecule has 0 spiro atoms. The van der Waals surface area contributed by atoms with Gasteiger partial charge in [-0.2, -0.15) is 0 Å². The molecule has 0 saturated carbocycles. The van der Waals surface area contributed by atoms with Crippen LogP contribution in [-0.2, 0) is 11.3 Å². The second kappa shape index (κ2) is 5.69. The van der Waals surface area contributed by atoms with E-state index in [2.05, 4.69) is 26.2 Å². The molecule has 21 heavy (non-hydrogen) atoms. The summed E-state index contributed by atoms with van der Waals surface area (Å²) < 4.78 is 2.78. The molecule has 4 nitrogen and oxygen atoms in total. The van der Waals surface area contributed by atoms with E-state index in [1.54, 1.807) is 0 Å². The molecule has 0 bridgehead atoms. The Bertz CT molecular complexity index is 810. The van der Waals surface area contributed by atoms with Crippen molar-refractivity contribution in [1.29, 1.82) is 0 Å². The van der Waals surface area contributed by atoms with Gasteiger partial charge in [-0.3, -0.25) is 4.79 Å². The number of imidazole rings is 1. The number of halogens is 1. The number of para-hydroxylation sites is 3. The molecule has 3 rings (SSSR count). The Hall–Kier alpha value is -2.14. The van der Waals surface area contributed by atoms with Gasteiger partial charge in [0, 0.05) is 4.47 Å². The highest BCUT2D eigenvalue weighted by molar-refractivity contribution is 9.10. The lowest BCUT2D eigenvalue weighted by Gasteiger charge is -2.09. The minimum absolute atomic E-state index is 0.0758. The van der Waals surface area contributed by atoms with Crippen LogP contribution in [0.4, 0.5) is 5.69 Å². The Morgan fingerprint density at radius 2 is 1.90 bits per heavy atom. The van der Waals surface area contributed by atoms with Crippen LogP contribution in [0.5, 0.6) is 0 Å². The van der Waals surface area contributed by atoms with E-state index in [0.29, 0.717) is 0 Å². The molecular weight excluding hydrogens is 330 g/mol. The third-order valence-corrected chi connectivity index (χ3v) is 3.99. The van der Waals surface area contributed by atoms with Gasteiger partial charge < -0.3 is 9.88 Å². The van der Waals surface area contributed by atoms with Gasteiger partial charge in [0.05, 0.1) is 16.7 Å². The third-order valence-electron chi connectivity index (χ3n) is 3.30. The molecule has 0 unspecified atom stereocenters. The van der Waals surface area contributed by atoms with Gasteiger partial charge in [0.15, 0.2) is 0 Å². The van der Waals surface area contributed by atoms with Crippen LogP contribution in [0, 0.1) is 6.92 Å². The lowest BCUT2D eigenvalue weighted by atomic mass is 10.3. The monoisotopic (exact) mass is 343 g/mol. The lowest BCUT2D eigenvalue weighted by molar-refractivity contribution is -0.116. The summed E-state index contributed by atoms with van der Waals surface area (Å²) in [5.41, 5.74) is 2.64. The zero-order chi connectivity index (χ0) is 14.8. The summed E-state index contributed by atoms with van der Waals surface area (Å²) in [4.78, 5) is 16.7. The fourth-order valence-electron chi connectivity index (χ4n) is 2.29. The summed E-state index contributed by atoms with van der Waals surface area (Å²) in [6, 6.07) is 15.4. The SMILES string of the molecule is Cc1nc2ccccc2n1CC(=O)Nc1ccccc1Br. The van der Waals surface area contributed by atoms with E-state index in [4.69, 9.17) is 0 Å². The molecule has 5 heteroatoms. The molecule has 1 heterocycles. The maximum atomic E-state index is 12.2. The standard InChI is InChI=1S/C16H14BrN3O/c1-11-18-14-8-4-5-9-15(14)20(11)10-16(21)19-13-7-3-2-6-12(13)17/h2-9H,10H2,1H3,(H,19,21). The van der Waals surface area contributed by atoms with Crippen LogP contribution in [0.1, 0.15) is 5.82 Å². The van der Waals surface area contributed by atoms with Crippen LogP contribution in [-0.4, -0.2) is 15.5 Å². The summed E-state index contributed by atoms with van der Waals surface area (Å²) in [7, 11) is 0. The summed E-state index contributed by atoms with van der Waals surface area (Å²) in [5.74, 6) is 0.756. The van der Waals surface area contributed by atoms with E-state index in [1.807, 2.05) is 60.0 Å². The van der Waals surface area contributed by atoms with Gasteiger partial charge in [-0.15, -0.1) is 0 Å². The number of aryl methyl sites for hydroxylation is 1. The fraction of sp³-hybridized carbons (Fsp3) is 0.125. The highest BCUT2D eigenvalue weighted by Crippen LogP contribution is 2.21. The van der Waals surface area contributed by atoms with E-state index >= 15 is 0 Å². The largest absolute Gasteiger partial charge is 0.324 e. The number of nitrogens with zero attached hydrogens (tertiary/aromatic N) is 2. The maximum Gasteiger partial charge on any atom is 0.244 e. The van der Waals surface area contributed by atoms with Crippen molar-refractivity contribution in [1.82, 2.24) is 9.55 Å². The van der Waals surface area contributed by atoms with Crippen molar-refractivity contribution in [2.75, 3.05) is 5.32 Å². The molecule has 2 aromatic carbocycles. The zero-order valence-electron chi connectivity index (χ0n) is 11.5. The van der Waals surface area contributed by atoms with Crippen molar-refractivity contribution in [2.45, 2.75) is 13.5 Å². The second-order valence-corrected chi connectivity index (χ2v) is 5.62. The number of anilines is 1. The molecule has 106 valence electrons. The average molecular weight is 344 g/mol. The van der Waals surface area contributed by atoms with Gasteiger partial charge in [0.25, 0.3) is 0 Å². The lowest BCUT2D eigenvalue weighted by Crippen LogP contribution is -2.19. The number of hydrogen-bond donors (Lipinski definition) is 1. The first-order valence-corrected chi connectivity index (χ1v) is 7.41. The summed E-state index contributed by atoms with van der Waals surface area (Å²) in [5, 5.41) is 2.91. The van der Waals surface area contributed by atoms with Crippen molar-refractivity contribution in [3.8, 4) is 0 Å². The van der Waals surface area contributed by atoms with E-state index in [-0.39, 0.29) is 12.5 Å². The molecule has 1 aromatic heterocycles. The van der Waals surface area contributed by atoms with E-state index in [0.717, 1.165) is 27.0 Å². The Morgan fingerprint density at radius 3 is 2.71 bits per heavy atom. The number of nitrogens with one attached hydrogen (secondary N) is 1. The van der Waals surface area contributed by atoms with Crippen molar-refractivity contribution in [3.63, 3.8) is 0 Å². The Kier molecular flexibility index (Phi) is 3.75. The normalized spacial score (nSPS) is 10.8.